The Bertz CT molecular complexity index is 334. The highest BCUT2D eigenvalue weighted by Gasteiger charge is 2.02. The number of rotatable bonds is 7. The molecule has 1 aromatic carbocycles. The smallest absolute Gasteiger partial charge is 0.234 e. The molecule has 1 aromatic rings. The van der Waals surface area contributed by atoms with Crippen molar-refractivity contribution < 1.29 is 9.63 Å². The summed E-state index contributed by atoms with van der Waals surface area (Å²) in [5.74, 6) is 0. The zero-order chi connectivity index (χ0) is 11.6. The van der Waals surface area contributed by atoms with Gasteiger partial charge in [0.2, 0.25) is 6.08 Å². The van der Waals surface area contributed by atoms with E-state index in [9.17, 15) is 4.79 Å². The lowest BCUT2D eigenvalue weighted by molar-refractivity contribution is -0.164. The molecule has 0 aliphatic rings. The fraction of sp³-hybridized carbons (Fsp3) is 0.417. The van der Waals surface area contributed by atoms with Crippen LogP contribution in [0.15, 0.2) is 35.3 Å². The van der Waals surface area contributed by atoms with Gasteiger partial charge in [0, 0.05) is 13.1 Å². The third-order valence-electron chi connectivity index (χ3n) is 2.14. The Morgan fingerprint density at radius 3 is 2.75 bits per heavy atom. The minimum Gasteiger partial charge on any atom is -0.294 e. The van der Waals surface area contributed by atoms with Gasteiger partial charge >= 0.3 is 0 Å². The second-order valence-electron chi connectivity index (χ2n) is 3.25. The minimum atomic E-state index is 0.423. The molecular formula is C12H16N2O2. The molecule has 0 unspecified atom stereocenters. The van der Waals surface area contributed by atoms with Crippen LogP contribution in [0.2, 0.25) is 0 Å². The molecule has 0 atom stereocenters. The van der Waals surface area contributed by atoms with E-state index in [1.807, 2.05) is 37.3 Å². The van der Waals surface area contributed by atoms with Crippen LogP contribution in [-0.4, -0.2) is 30.8 Å². The molecule has 0 saturated heterocycles. The average Bonchev–Trinajstić information content (AvgIpc) is 2.35. The van der Waals surface area contributed by atoms with Gasteiger partial charge in [-0.25, -0.2) is 9.79 Å². The summed E-state index contributed by atoms with van der Waals surface area (Å²) in [6, 6.07) is 9.95. The van der Waals surface area contributed by atoms with Gasteiger partial charge in [-0.3, -0.25) is 4.84 Å². The van der Waals surface area contributed by atoms with Crippen LogP contribution >= 0.6 is 0 Å². The van der Waals surface area contributed by atoms with Gasteiger partial charge < -0.3 is 0 Å². The first kappa shape index (κ1) is 12.6. The molecule has 4 nitrogen and oxygen atoms in total. The molecule has 0 saturated carbocycles. The number of isocyanates is 1. The van der Waals surface area contributed by atoms with Gasteiger partial charge in [-0.15, -0.1) is 0 Å². The third-order valence-corrected chi connectivity index (χ3v) is 2.14. The summed E-state index contributed by atoms with van der Waals surface area (Å²) in [7, 11) is 0. The van der Waals surface area contributed by atoms with E-state index < -0.39 is 0 Å². The Labute approximate surface area is 95.5 Å². The maximum atomic E-state index is 9.90. The van der Waals surface area contributed by atoms with Crippen LogP contribution in [-0.2, 0) is 16.2 Å². The van der Waals surface area contributed by atoms with Gasteiger partial charge in [0.25, 0.3) is 0 Å². The van der Waals surface area contributed by atoms with Crippen molar-refractivity contribution in [2.24, 2.45) is 4.99 Å². The van der Waals surface area contributed by atoms with E-state index in [1.54, 1.807) is 5.06 Å². The van der Waals surface area contributed by atoms with E-state index in [-0.39, 0.29) is 0 Å². The van der Waals surface area contributed by atoms with E-state index in [4.69, 9.17) is 4.84 Å². The van der Waals surface area contributed by atoms with Gasteiger partial charge in [-0.05, 0) is 5.56 Å². The van der Waals surface area contributed by atoms with Crippen molar-refractivity contribution in [3.05, 3.63) is 35.9 Å². The van der Waals surface area contributed by atoms with Gasteiger partial charge in [0.15, 0.2) is 0 Å². The second kappa shape index (κ2) is 7.77. The van der Waals surface area contributed by atoms with Crippen LogP contribution in [0.4, 0.5) is 0 Å². The summed E-state index contributed by atoms with van der Waals surface area (Å²) >= 11 is 0. The third kappa shape index (κ3) is 4.84. The zero-order valence-corrected chi connectivity index (χ0v) is 9.43. The van der Waals surface area contributed by atoms with Crippen LogP contribution in [0.5, 0.6) is 0 Å². The Balaban J connectivity index is 2.31. The van der Waals surface area contributed by atoms with E-state index in [2.05, 4.69) is 4.99 Å². The number of hydroxylamine groups is 2. The predicted molar refractivity (Wildman–Crippen MR) is 61.5 cm³/mol. The van der Waals surface area contributed by atoms with Crippen LogP contribution in [0.1, 0.15) is 12.5 Å². The molecule has 0 bridgehead atoms. The molecular weight excluding hydrogens is 204 g/mol. The molecule has 16 heavy (non-hydrogen) atoms. The van der Waals surface area contributed by atoms with Crippen LogP contribution < -0.4 is 0 Å². The summed E-state index contributed by atoms with van der Waals surface area (Å²) in [5.41, 5.74) is 1.12. The minimum absolute atomic E-state index is 0.423. The molecule has 0 aromatic heterocycles. The number of aliphatic imine (C=N–C) groups is 1. The number of hydrogen-bond donors (Lipinski definition) is 0. The number of likely N-dealkylation sites (N-methyl/N-ethyl adjacent to an activating group) is 1. The average molecular weight is 220 g/mol. The molecule has 86 valence electrons. The predicted octanol–water partition coefficient (Wildman–Crippen LogP) is 1.78. The normalized spacial score (nSPS) is 10.1. The van der Waals surface area contributed by atoms with E-state index in [0.29, 0.717) is 19.7 Å². The summed E-state index contributed by atoms with van der Waals surface area (Å²) in [6.45, 7) is 4.33. The maximum absolute atomic E-state index is 9.90. The van der Waals surface area contributed by atoms with Gasteiger partial charge in [0.05, 0.1) is 13.2 Å². The lowest BCUT2D eigenvalue weighted by Gasteiger charge is -2.18. The van der Waals surface area contributed by atoms with Crippen molar-refractivity contribution in [3.63, 3.8) is 0 Å². The molecule has 0 aliphatic carbocycles. The van der Waals surface area contributed by atoms with E-state index in [0.717, 1.165) is 12.1 Å². The maximum Gasteiger partial charge on any atom is 0.234 e. The molecule has 0 heterocycles. The summed E-state index contributed by atoms with van der Waals surface area (Å²) in [5, 5.41) is 1.79. The standard InChI is InChI=1S/C12H16N2O2/c1-2-14(9-8-13-11-15)16-10-12-6-4-3-5-7-12/h3-7H,2,8-10H2,1H3. The Morgan fingerprint density at radius 2 is 2.12 bits per heavy atom. The topological polar surface area (TPSA) is 41.9 Å². The number of nitrogens with zero attached hydrogens (tertiary/aromatic N) is 2. The molecule has 0 N–H and O–H groups in total. The number of hydrogen-bond acceptors (Lipinski definition) is 4. The van der Waals surface area contributed by atoms with Crippen molar-refractivity contribution in [1.82, 2.24) is 5.06 Å². The summed E-state index contributed by atoms with van der Waals surface area (Å²) in [4.78, 5) is 19.0. The highest BCUT2D eigenvalue weighted by Crippen LogP contribution is 2.02. The lowest BCUT2D eigenvalue weighted by Crippen LogP contribution is -2.26. The largest absolute Gasteiger partial charge is 0.294 e. The molecule has 0 fully saturated rings. The highest BCUT2D eigenvalue weighted by molar-refractivity contribution is 5.32. The summed E-state index contributed by atoms with van der Waals surface area (Å²) in [6.07, 6.45) is 1.51. The molecule has 0 radical (unpaired) electrons. The van der Waals surface area contributed by atoms with Crippen molar-refractivity contribution >= 4 is 6.08 Å². The fourth-order valence-corrected chi connectivity index (χ4v) is 1.26. The molecule has 1 rings (SSSR count). The van der Waals surface area contributed by atoms with Crippen LogP contribution in [0, 0.1) is 0 Å². The molecule has 0 spiro atoms. The van der Waals surface area contributed by atoms with Gasteiger partial charge in [-0.1, -0.05) is 37.3 Å². The second-order valence-corrected chi connectivity index (χ2v) is 3.25. The molecule has 0 aliphatic heterocycles. The molecule has 0 amide bonds. The first-order valence-electron chi connectivity index (χ1n) is 5.32. The zero-order valence-electron chi connectivity index (χ0n) is 9.43. The van der Waals surface area contributed by atoms with Crippen LogP contribution in [0.3, 0.4) is 0 Å². The van der Waals surface area contributed by atoms with Crippen molar-refractivity contribution in [3.8, 4) is 0 Å². The van der Waals surface area contributed by atoms with E-state index >= 15 is 0 Å². The van der Waals surface area contributed by atoms with Crippen molar-refractivity contribution in [2.45, 2.75) is 13.5 Å². The van der Waals surface area contributed by atoms with E-state index in [1.165, 1.54) is 6.08 Å². The van der Waals surface area contributed by atoms with Crippen molar-refractivity contribution in [1.29, 1.82) is 0 Å². The molecule has 4 heteroatoms. The monoisotopic (exact) mass is 220 g/mol. The number of benzene rings is 1. The van der Waals surface area contributed by atoms with Gasteiger partial charge in [-0.2, -0.15) is 5.06 Å². The first-order valence-corrected chi connectivity index (χ1v) is 5.32. The Kier molecular flexibility index (Phi) is 6.11. The lowest BCUT2D eigenvalue weighted by atomic mass is 10.2. The fourth-order valence-electron chi connectivity index (χ4n) is 1.26. The van der Waals surface area contributed by atoms with Crippen molar-refractivity contribution in [2.75, 3.05) is 19.6 Å². The Hall–Kier alpha value is -1.48. The quantitative estimate of drug-likeness (QED) is 0.399. The summed E-state index contributed by atoms with van der Waals surface area (Å²) < 4.78 is 0. The first-order chi connectivity index (χ1) is 7.86. The van der Waals surface area contributed by atoms with Gasteiger partial charge in [0.1, 0.15) is 0 Å². The highest BCUT2D eigenvalue weighted by atomic mass is 16.7. The number of carbonyl (C=O) groups excluding carboxylic acids is 1. The van der Waals surface area contributed by atoms with Crippen LogP contribution in [0.25, 0.3) is 0 Å². The Morgan fingerprint density at radius 1 is 1.38 bits per heavy atom. The SMILES string of the molecule is CCN(CCN=C=O)OCc1ccccc1.